The molecule has 84 valence electrons. The summed E-state index contributed by atoms with van der Waals surface area (Å²) in [5.41, 5.74) is 0.148. The molecule has 2 nitrogen and oxygen atoms in total. The van der Waals surface area contributed by atoms with E-state index in [2.05, 4.69) is 0 Å². The largest absolute Gasteiger partial charge is 0.350 e. The number of alkyl halides is 2. The number of carbonyl (C=O) groups excluding carboxylic acids is 1. The molecule has 0 saturated carbocycles. The number of rotatable bonds is 2. The topological polar surface area (TPSA) is 22.0 Å². The fourth-order valence-electron chi connectivity index (χ4n) is 1.71. The Balaban J connectivity index is 2.76. The van der Waals surface area contributed by atoms with Crippen molar-refractivity contribution in [1.29, 1.82) is 0 Å². The lowest BCUT2D eigenvalue weighted by Gasteiger charge is -1.98. The lowest BCUT2D eigenvalue weighted by atomic mass is 10.1. The number of halogens is 3. The van der Waals surface area contributed by atoms with Gasteiger partial charge in [-0.05, 0) is 12.1 Å². The Bertz CT molecular complexity index is 560. The third kappa shape index (κ3) is 1.48. The van der Waals surface area contributed by atoms with Crippen molar-refractivity contribution in [3.05, 3.63) is 35.8 Å². The number of Topliss-reactive ketones (excluding diaryl/α,β-unsaturated/α-hetero) is 1. The van der Waals surface area contributed by atoms with E-state index < -0.39 is 18.0 Å². The van der Waals surface area contributed by atoms with Crippen molar-refractivity contribution in [3.8, 4) is 0 Å². The number of aryl methyl sites for hydroxylation is 1. The van der Waals surface area contributed by atoms with Gasteiger partial charge in [-0.3, -0.25) is 4.79 Å². The molecule has 0 aliphatic rings. The summed E-state index contributed by atoms with van der Waals surface area (Å²) in [4.78, 5) is 11.2. The second-order valence-corrected chi connectivity index (χ2v) is 3.45. The predicted molar refractivity (Wildman–Crippen MR) is 53.2 cm³/mol. The van der Waals surface area contributed by atoms with E-state index in [0.29, 0.717) is 5.52 Å². The molecule has 2 rings (SSSR count). The second kappa shape index (κ2) is 3.66. The van der Waals surface area contributed by atoms with Crippen LogP contribution in [0.2, 0.25) is 0 Å². The van der Waals surface area contributed by atoms with Crippen LogP contribution in [0.15, 0.2) is 24.4 Å². The highest BCUT2D eigenvalue weighted by atomic mass is 19.3. The van der Waals surface area contributed by atoms with Gasteiger partial charge in [-0.1, -0.05) is 6.07 Å². The van der Waals surface area contributed by atoms with Gasteiger partial charge in [0.2, 0.25) is 5.78 Å². The molecule has 1 heterocycles. The highest BCUT2D eigenvalue weighted by Gasteiger charge is 2.23. The zero-order chi connectivity index (χ0) is 11.9. The fourth-order valence-corrected chi connectivity index (χ4v) is 1.71. The molecule has 0 N–H and O–H groups in total. The Morgan fingerprint density at radius 2 is 2.06 bits per heavy atom. The van der Waals surface area contributed by atoms with Crippen LogP contribution in [0, 0.1) is 5.82 Å². The molecule has 0 aliphatic carbocycles. The van der Waals surface area contributed by atoms with Crippen LogP contribution in [0.3, 0.4) is 0 Å². The zero-order valence-corrected chi connectivity index (χ0v) is 8.38. The first-order valence-corrected chi connectivity index (χ1v) is 4.58. The number of ketones is 1. The van der Waals surface area contributed by atoms with Crippen LogP contribution in [0.1, 0.15) is 10.4 Å². The average molecular weight is 227 g/mol. The van der Waals surface area contributed by atoms with Crippen molar-refractivity contribution in [2.24, 2.45) is 7.05 Å². The van der Waals surface area contributed by atoms with Crippen molar-refractivity contribution >= 4 is 16.7 Å². The van der Waals surface area contributed by atoms with E-state index in [4.69, 9.17) is 0 Å². The van der Waals surface area contributed by atoms with Gasteiger partial charge in [0.25, 0.3) is 0 Å². The number of hydrogen-bond acceptors (Lipinski definition) is 1. The summed E-state index contributed by atoms with van der Waals surface area (Å²) in [7, 11) is 1.57. The van der Waals surface area contributed by atoms with E-state index >= 15 is 0 Å². The average Bonchev–Trinajstić information content (AvgIpc) is 2.57. The highest BCUT2D eigenvalue weighted by molar-refractivity contribution is 6.09. The quantitative estimate of drug-likeness (QED) is 0.723. The Morgan fingerprint density at radius 3 is 2.69 bits per heavy atom. The number of fused-ring (bicyclic) bond motifs is 1. The maximum atomic E-state index is 13.5. The van der Waals surface area contributed by atoms with E-state index in [-0.39, 0.29) is 10.9 Å². The van der Waals surface area contributed by atoms with Crippen molar-refractivity contribution in [2.75, 3.05) is 0 Å². The maximum absolute atomic E-state index is 13.5. The van der Waals surface area contributed by atoms with Gasteiger partial charge in [-0.2, -0.15) is 0 Å². The summed E-state index contributed by atoms with van der Waals surface area (Å²) in [6.07, 6.45) is -1.90. The van der Waals surface area contributed by atoms with Gasteiger partial charge in [-0.15, -0.1) is 0 Å². The predicted octanol–water partition coefficient (Wildman–Crippen LogP) is 2.77. The normalized spacial score (nSPS) is 11.3. The first kappa shape index (κ1) is 10.7. The van der Waals surface area contributed by atoms with Crippen LogP contribution < -0.4 is 0 Å². The molecule has 0 aliphatic heterocycles. The molecule has 0 saturated heterocycles. The van der Waals surface area contributed by atoms with Crippen LogP contribution in [-0.2, 0) is 7.05 Å². The van der Waals surface area contributed by atoms with Gasteiger partial charge in [-0.25, -0.2) is 13.2 Å². The number of nitrogens with zero attached hydrogens (tertiary/aromatic N) is 1. The van der Waals surface area contributed by atoms with E-state index in [9.17, 15) is 18.0 Å². The molecule has 1 aromatic carbocycles. The Labute approximate surface area is 89.3 Å². The molecular weight excluding hydrogens is 219 g/mol. The van der Waals surface area contributed by atoms with Gasteiger partial charge >= 0.3 is 6.43 Å². The molecule has 0 radical (unpaired) electrons. The van der Waals surface area contributed by atoms with E-state index in [1.165, 1.54) is 16.8 Å². The summed E-state index contributed by atoms with van der Waals surface area (Å²) >= 11 is 0. The van der Waals surface area contributed by atoms with Gasteiger partial charge in [0.1, 0.15) is 5.82 Å². The minimum absolute atomic E-state index is 0.0460. The molecule has 0 amide bonds. The molecule has 0 bridgehead atoms. The fraction of sp³-hybridized carbons (Fsp3) is 0.182. The maximum Gasteiger partial charge on any atom is 0.300 e. The van der Waals surface area contributed by atoms with Gasteiger partial charge < -0.3 is 4.57 Å². The highest BCUT2D eigenvalue weighted by Crippen LogP contribution is 2.25. The third-order valence-corrected chi connectivity index (χ3v) is 2.43. The lowest BCUT2D eigenvalue weighted by molar-refractivity contribution is 0.0680. The van der Waals surface area contributed by atoms with Crippen molar-refractivity contribution < 1.29 is 18.0 Å². The zero-order valence-electron chi connectivity index (χ0n) is 8.38. The minimum Gasteiger partial charge on any atom is -0.350 e. The van der Waals surface area contributed by atoms with Crippen LogP contribution in [0.4, 0.5) is 13.2 Å². The number of benzene rings is 1. The molecular formula is C11H8F3NO. The standard InChI is InChI=1S/C11H8F3NO/c1-15-5-6(10(16)11(13)14)9-7(12)3-2-4-8(9)15/h2-5,11H,1H3. The van der Waals surface area contributed by atoms with E-state index in [1.807, 2.05) is 0 Å². The van der Waals surface area contributed by atoms with Crippen molar-refractivity contribution in [3.63, 3.8) is 0 Å². The van der Waals surface area contributed by atoms with Crippen molar-refractivity contribution in [1.82, 2.24) is 4.57 Å². The number of aromatic nitrogens is 1. The van der Waals surface area contributed by atoms with Crippen LogP contribution in [0.25, 0.3) is 10.9 Å². The molecule has 0 fully saturated rings. The van der Waals surface area contributed by atoms with Crippen LogP contribution >= 0.6 is 0 Å². The molecule has 0 atom stereocenters. The SMILES string of the molecule is Cn1cc(C(=O)C(F)F)c2c(F)cccc21. The van der Waals surface area contributed by atoms with Gasteiger partial charge in [0.05, 0.1) is 11.1 Å². The van der Waals surface area contributed by atoms with E-state index in [0.717, 1.165) is 6.07 Å². The summed E-state index contributed by atoms with van der Waals surface area (Å²) in [6, 6.07) is 4.18. The Morgan fingerprint density at radius 1 is 1.38 bits per heavy atom. The smallest absolute Gasteiger partial charge is 0.300 e. The van der Waals surface area contributed by atoms with Crippen LogP contribution in [0.5, 0.6) is 0 Å². The first-order valence-electron chi connectivity index (χ1n) is 4.58. The summed E-state index contributed by atoms with van der Waals surface area (Å²) in [5.74, 6) is -2.02. The third-order valence-electron chi connectivity index (χ3n) is 2.43. The van der Waals surface area contributed by atoms with Crippen LogP contribution in [-0.4, -0.2) is 16.8 Å². The molecule has 0 spiro atoms. The number of carbonyl (C=O) groups is 1. The molecule has 16 heavy (non-hydrogen) atoms. The minimum atomic E-state index is -3.12. The molecule has 2 aromatic rings. The summed E-state index contributed by atoms with van der Waals surface area (Å²) in [6.45, 7) is 0. The summed E-state index contributed by atoms with van der Waals surface area (Å²) < 4.78 is 39.5. The lowest BCUT2D eigenvalue weighted by Crippen LogP contribution is -2.09. The molecule has 5 heteroatoms. The second-order valence-electron chi connectivity index (χ2n) is 3.45. The van der Waals surface area contributed by atoms with Crippen molar-refractivity contribution in [2.45, 2.75) is 6.43 Å². The monoisotopic (exact) mass is 227 g/mol. The summed E-state index contributed by atoms with van der Waals surface area (Å²) in [5, 5.41) is -0.0460. The van der Waals surface area contributed by atoms with Gasteiger partial charge in [0.15, 0.2) is 0 Å². The number of hydrogen-bond donors (Lipinski definition) is 0. The van der Waals surface area contributed by atoms with Gasteiger partial charge in [0, 0.05) is 18.6 Å². The Hall–Kier alpha value is -1.78. The molecule has 0 unspecified atom stereocenters. The first-order chi connectivity index (χ1) is 7.52. The molecule has 1 aromatic heterocycles. The van der Waals surface area contributed by atoms with E-state index in [1.54, 1.807) is 13.1 Å². The Kier molecular flexibility index (Phi) is 2.46.